The molecule has 6 heterocycles. The summed E-state index contributed by atoms with van der Waals surface area (Å²) in [5.41, 5.74) is 4.24. The van der Waals surface area contributed by atoms with Crippen LogP contribution in [0.1, 0.15) is 65.3 Å². The highest BCUT2D eigenvalue weighted by molar-refractivity contribution is 6.23. The Morgan fingerprint density at radius 1 is 0.817 bits per heavy atom. The molecule has 1 unspecified atom stereocenters. The van der Waals surface area contributed by atoms with Crippen LogP contribution in [-0.2, 0) is 23.2 Å². The van der Waals surface area contributed by atoms with Crippen molar-refractivity contribution in [2.45, 2.75) is 51.6 Å². The van der Waals surface area contributed by atoms with Crippen molar-refractivity contribution in [1.82, 2.24) is 29.6 Å². The number of pyridine rings is 2. The number of aromatic nitrogens is 2. The van der Waals surface area contributed by atoms with E-state index in [9.17, 15) is 24.0 Å². The molecule has 0 aliphatic carbocycles. The maximum absolute atomic E-state index is 13.4. The number of piperazine rings is 1. The molecule has 60 heavy (non-hydrogen) atoms. The summed E-state index contributed by atoms with van der Waals surface area (Å²) in [6, 6.07) is 10.5. The summed E-state index contributed by atoms with van der Waals surface area (Å²) in [6.45, 7) is 10.1. The molecule has 4 aliphatic heterocycles. The van der Waals surface area contributed by atoms with Crippen LogP contribution in [-0.4, -0.2) is 128 Å². The van der Waals surface area contributed by atoms with E-state index in [1.165, 1.54) is 0 Å². The predicted octanol–water partition coefficient (Wildman–Crippen LogP) is 3.90. The third-order valence-corrected chi connectivity index (χ3v) is 12.9. The second-order valence-electron chi connectivity index (χ2n) is 16.4. The number of amides is 4. The molecule has 1 N–H and O–H groups in total. The Bertz CT molecular complexity index is 2370. The third-order valence-electron chi connectivity index (χ3n) is 12.9. The first-order valence-corrected chi connectivity index (χ1v) is 21.0. The van der Waals surface area contributed by atoms with Crippen molar-refractivity contribution in [1.29, 1.82) is 0 Å². The van der Waals surface area contributed by atoms with E-state index in [0.717, 1.165) is 122 Å². The molecule has 1 atom stereocenters. The molecule has 15 nitrogen and oxygen atoms in total. The van der Waals surface area contributed by atoms with Gasteiger partial charge in [-0.15, -0.1) is 0 Å². The minimum atomic E-state index is -0.968. The first-order chi connectivity index (χ1) is 29.0. The maximum Gasteiger partial charge on any atom is 0.262 e. The molecule has 8 rings (SSSR count). The number of methoxy groups -OCH3 is 2. The van der Waals surface area contributed by atoms with Gasteiger partial charge < -0.3 is 28.7 Å². The van der Waals surface area contributed by atoms with Crippen molar-refractivity contribution in [2.75, 3.05) is 83.4 Å². The van der Waals surface area contributed by atoms with Gasteiger partial charge in [0, 0.05) is 102 Å². The molecule has 4 aromatic rings. The van der Waals surface area contributed by atoms with Gasteiger partial charge in [0.2, 0.25) is 11.8 Å². The summed E-state index contributed by atoms with van der Waals surface area (Å²) in [6.07, 6.45) is 7.00. The van der Waals surface area contributed by atoms with Gasteiger partial charge in [0.15, 0.2) is 0 Å². The third kappa shape index (κ3) is 7.83. The Morgan fingerprint density at radius 3 is 2.17 bits per heavy atom. The lowest BCUT2D eigenvalue weighted by Gasteiger charge is -2.37. The van der Waals surface area contributed by atoms with E-state index in [2.05, 4.69) is 31.9 Å². The normalized spacial score (nSPS) is 19.2. The van der Waals surface area contributed by atoms with Crippen LogP contribution >= 0.6 is 0 Å². The van der Waals surface area contributed by atoms with Crippen LogP contribution in [0.4, 0.5) is 11.5 Å². The number of carbonyl (C=O) groups excluding carboxylic acids is 4. The van der Waals surface area contributed by atoms with Gasteiger partial charge in [-0.3, -0.25) is 39.1 Å². The number of nitrogens with zero attached hydrogens (tertiary/aromatic N) is 7. The molecule has 3 saturated heterocycles. The standard InChI is InChI=1S/C45H54N8O7/c1-6-48(2)40-24-32-34(25-46-40)43(56)49(3)26-35(32)29-21-38(59-4)36(39(22-29)60-5)27-51-19-17-50(18-20-51)14-11-28-12-15-52(16-13-28)30-7-8-31-33(23-30)45(58)53(44(31)57)37-9-10-41(54)47-42(37)55/h7-8,21-26,28,37H,6,9-20,27H2,1-5H3,(H,47,54,55). The van der Waals surface area contributed by atoms with Gasteiger partial charge in [0.05, 0.1) is 36.3 Å². The van der Waals surface area contributed by atoms with Gasteiger partial charge in [-0.05, 0) is 87.0 Å². The number of fused-ring (bicyclic) bond motifs is 2. The highest BCUT2D eigenvalue weighted by Gasteiger charge is 2.45. The summed E-state index contributed by atoms with van der Waals surface area (Å²) in [5, 5.41) is 3.64. The number of piperidine rings is 2. The Balaban J connectivity index is 0.852. The molecule has 2 aromatic heterocycles. The average Bonchev–Trinajstić information content (AvgIpc) is 3.51. The summed E-state index contributed by atoms with van der Waals surface area (Å²) in [5.74, 6) is 0.947. The second kappa shape index (κ2) is 17.1. The molecule has 0 radical (unpaired) electrons. The minimum Gasteiger partial charge on any atom is -0.496 e. The van der Waals surface area contributed by atoms with E-state index in [1.807, 2.05) is 42.4 Å². The molecule has 3 fully saturated rings. The SMILES string of the molecule is CCN(C)c1cc2c(-c3cc(OC)c(CN4CCN(CCC5CCN(c6ccc7c(c6)C(=O)N(C6CCC(=O)NC6=O)C7=O)CC5)CC4)c(OC)c3)cn(C)c(=O)c2cn1. The van der Waals surface area contributed by atoms with E-state index in [1.54, 1.807) is 44.2 Å². The fraction of sp³-hybridized carbons (Fsp3) is 0.467. The first-order valence-electron chi connectivity index (χ1n) is 21.0. The monoisotopic (exact) mass is 818 g/mol. The van der Waals surface area contributed by atoms with Crippen molar-refractivity contribution in [3.63, 3.8) is 0 Å². The van der Waals surface area contributed by atoms with Crippen molar-refractivity contribution in [2.24, 2.45) is 13.0 Å². The number of benzene rings is 2. The fourth-order valence-electron chi connectivity index (χ4n) is 9.14. The number of ether oxygens (including phenoxy) is 2. The Morgan fingerprint density at radius 2 is 1.50 bits per heavy atom. The number of rotatable bonds is 12. The van der Waals surface area contributed by atoms with Crippen LogP contribution in [0.15, 0.2) is 53.6 Å². The van der Waals surface area contributed by atoms with Crippen LogP contribution in [0.5, 0.6) is 11.5 Å². The molecule has 15 heteroatoms. The van der Waals surface area contributed by atoms with Gasteiger partial charge in [0.1, 0.15) is 23.4 Å². The lowest BCUT2D eigenvalue weighted by molar-refractivity contribution is -0.136. The first kappa shape index (κ1) is 41.0. The van der Waals surface area contributed by atoms with E-state index >= 15 is 0 Å². The van der Waals surface area contributed by atoms with Gasteiger partial charge in [-0.25, -0.2) is 4.98 Å². The smallest absolute Gasteiger partial charge is 0.262 e. The Kier molecular flexibility index (Phi) is 11.6. The molecular weight excluding hydrogens is 765 g/mol. The fourth-order valence-corrected chi connectivity index (χ4v) is 9.14. The zero-order valence-corrected chi connectivity index (χ0v) is 35.2. The number of imide groups is 2. The predicted molar refractivity (Wildman–Crippen MR) is 229 cm³/mol. The molecule has 2 aromatic carbocycles. The van der Waals surface area contributed by atoms with Crippen LogP contribution in [0.25, 0.3) is 21.9 Å². The zero-order valence-electron chi connectivity index (χ0n) is 35.2. The second-order valence-corrected chi connectivity index (χ2v) is 16.4. The summed E-state index contributed by atoms with van der Waals surface area (Å²) < 4.78 is 13.6. The van der Waals surface area contributed by atoms with Crippen LogP contribution < -0.4 is 30.1 Å². The largest absolute Gasteiger partial charge is 0.496 e. The zero-order chi connectivity index (χ0) is 42.2. The number of hydrogen-bond acceptors (Lipinski definition) is 12. The number of nitrogens with one attached hydrogen (secondary N) is 1. The van der Waals surface area contributed by atoms with Gasteiger partial charge in [-0.1, -0.05) is 0 Å². The molecule has 4 aliphatic rings. The summed E-state index contributed by atoms with van der Waals surface area (Å²) in [7, 11) is 7.13. The van der Waals surface area contributed by atoms with Crippen molar-refractivity contribution in [3.8, 4) is 22.6 Å². The van der Waals surface area contributed by atoms with Crippen LogP contribution in [0.3, 0.4) is 0 Å². The highest BCUT2D eigenvalue weighted by atomic mass is 16.5. The Labute approximate surface area is 349 Å². The summed E-state index contributed by atoms with van der Waals surface area (Å²) in [4.78, 5) is 78.7. The number of aryl methyl sites for hydroxylation is 1. The number of anilines is 2. The quantitative estimate of drug-likeness (QED) is 0.207. The van der Waals surface area contributed by atoms with Gasteiger partial charge in [0.25, 0.3) is 17.4 Å². The topological polar surface area (TPSA) is 150 Å². The minimum absolute atomic E-state index is 0.0956. The summed E-state index contributed by atoms with van der Waals surface area (Å²) >= 11 is 0. The average molecular weight is 819 g/mol. The molecular formula is C45H54N8O7. The Hall–Kier alpha value is -5.80. The molecule has 0 spiro atoms. The van der Waals surface area contributed by atoms with Crippen LogP contribution in [0, 0.1) is 5.92 Å². The van der Waals surface area contributed by atoms with E-state index in [0.29, 0.717) is 29.0 Å². The number of carbonyl (C=O) groups is 4. The van der Waals surface area contributed by atoms with E-state index < -0.39 is 23.8 Å². The van der Waals surface area contributed by atoms with E-state index in [4.69, 9.17) is 9.47 Å². The van der Waals surface area contributed by atoms with Gasteiger partial charge >= 0.3 is 0 Å². The van der Waals surface area contributed by atoms with E-state index in [-0.39, 0.29) is 24.3 Å². The maximum atomic E-state index is 13.4. The van der Waals surface area contributed by atoms with Crippen molar-refractivity contribution in [3.05, 3.63) is 75.8 Å². The lowest BCUT2D eigenvalue weighted by atomic mass is 9.92. The molecule has 316 valence electrons. The van der Waals surface area contributed by atoms with Gasteiger partial charge in [-0.2, -0.15) is 0 Å². The number of hydrogen-bond donors (Lipinski definition) is 1. The molecule has 4 amide bonds. The lowest BCUT2D eigenvalue weighted by Crippen LogP contribution is -2.54. The molecule has 0 bridgehead atoms. The molecule has 0 saturated carbocycles. The van der Waals surface area contributed by atoms with Crippen LogP contribution in [0.2, 0.25) is 0 Å². The van der Waals surface area contributed by atoms with Crippen molar-refractivity contribution >= 4 is 45.9 Å². The van der Waals surface area contributed by atoms with Crippen molar-refractivity contribution < 1.29 is 28.7 Å². The highest BCUT2D eigenvalue weighted by Crippen LogP contribution is 2.39.